The minimum absolute atomic E-state index is 0. The van der Waals surface area contributed by atoms with Crippen molar-refractivity contribution in [3.8, 4) is 11.3 Å². The highest BCUT2D eigenvalue weighted by Gasteiger charge is 2.06. The van der Waals surface area contributed by atoms with Gasteiger partial charge in [-0.05, 0) is 24.3 Å². The maximum absolute atomic E-state index is 2.16. The molecule has 0 bridgehead atoms. The van der Waals surface area contributed by atoms with Crippen LogP contribution < -0.4 is 21.4 Å². The van der Waals surface area contributed by atoms with Gasteiger partial charge in [-0.15, -0.1) is 0 Å². The lowest BCUT2D eigenvalue weighted by Gasteiger charge is -2.01. The Hall–Kier alpha value is -1.61. The van der Waals surface area contributed by atoms with E-state index in [4.69, 9.17) is 0 Å². The molecule has 0 atom stereocenters. The summed E-state index contributed by atoms with van der Waals surface area (Å²) in [5.41, 5.74) is 3.68. The second kappa shape index (κ2) is 4.72. The third kappa shape index (κ3) is 2.11. The summed E-state index contributed by atoms with van der Waals surface area (Å²) in [6.07, 6.45) is 6.29. The van der Waals surface area contributed by atoms with E-state index in [1.54, 1.807) is 0 Å². The maximum atomic E-state index is 2.16. The van der Waals surface area contributed by atoms with Gasteiger partial charge in [-0.1, -0.05) is 0 Å². The fourth-order valence-corrected chi connectivity index (χ4v) is 2.01. The average molecular weight is 289 g/mol. The van der Waals surface area contributed by atoms with E-state index in [2.05, 4.69) is 71.0 Å². The summed E-state index contributed by atoms with van der Waals surface area (Å²) in [6.45, 7) is 0. The fraction of sp³-hybridized carbons (Fsp3) is 0.0714. The van der Waals surface area contributed by atoms with E-state index < -0.39 is 0 Å². The van der Waals surface area contributed by atoms with E-state index in [9.17, 15) is 0 Å². The summed E-state index contributed by atoms with van der Waals surface area (Å²) in [7, 11) is 2.06. The van der Waals surface area contributed by atoms with Crippen molar-refractivity contribution in [2.75, 3.05) is 0 Å². The number of rotatable bonds is 1. The smallest absolute Gasteiger partial charge is 0.210 e. The number of hydrogen-bond donors (Lipinski definition) is 0. The van der Waals surface area contributed by atoms with Crippen LogP contribution in [0, 0.1) is 0 Å². The molecule has 3 rings (SSSR count). The Kier molecular flexibility index (Phi) is 3.29. The normalized spacial score (nSPS) is 10.2. The van der Waals surface area contributed by atoms with Gasteiger partial charge in [0.15, 0.2) is 12.4 Å². The molecular weight excluding hydrogens is 276 g/mol. The van der Waals surface area contributed by atoms with Gasteiger partial charge in [0.25, 0.3) is 0 Å². The molecular formula is C14H13BrN2. The minimum atomic E-state index is 0. The Morgan fingerprint density at radius 3 is 2.65 bits per heavy atom. The van der Waals surface area contributed by atoms with Crippen molar-refractivity contribution in [3.05, 3.63) is 61.1 Å². The lowest BCUT2D eigenvalue weighted by Crippen LogP contribution is -3.00. The standard InChI is InChI=1S/C14H13N2.BrH/c1-15-9-4-6-14(15)12-7-8-13-5-2-3-10-16(13)11-12;/h2-11H,1H3;1H/q+1;/p-1. The molecule has 0 aliphatic rings. The molecule has 3 aromatic heterocycles. The molecule has 0 spiro atoms. The molecule has 0 saturated carbocycles. The molecule has 0 radical (unpaired) electrons. The number of hydrogen-bond acceptors (Lipinski definition) is 0. The van der Waals surface area contributed by atoms with Gasteiger partial charge < -0.3 is 21.5 Å². The predicted molar refractivity (Wildman–Crippen MR) is 64.0 cm³/mol. The number of pyridine rings is 2. The first-order valence-corrected chi connectivity index (χ1v) is 5.36. The number of fused-ring (bicyclic) bond motifs is 1. The zero-order chi connectivity index (χ0) is 11.0. The van der Waals surface area contributed by atoms with E-state index in [-0.39, 0.29) is 17.0 Å². The second-order valence-electron chi connectivity index (χ2n) is 3.95. The third-order valence-corrected chi connectivity index (χ3v) is 2.87. The Morgan fingerprint density at radius 1 is 1.00 bits per heavy atom. The molecule has 0 fully saturated rings. The molecule has 0 amide bonds. The van der Waals surface area contributed by atoms with E-state index in [1.807, 2.05) is 6.07 Å². The summed E-state index contributed by atoms with van der Waals surface area (Å²) in [5.74, 6) is 0. The molecule has 0 unspecified atom stereocenters. The highest BCUT2D eigenvalue weighted by atomic mass is 79.9. The van der Waals surface area contributed by atoms with Crippen molar-refractivity contribution in [1.29, 1.82) is 0 Å². The van der Waals surface area contributed by atoms with Crippen LogP contribution in [0.1, 0.15) is 0 Å². The van der Waals surface area contributed by atoms with Gasteiger partial charge in [-0.3, -0.25) is 0 Å². The van der Waals surface area contributed by atoms with Crippen LogP contribution in [0.4, 0.5) is 0 Å². The van der Waals surface area contributed by atoms with Gasteiger partial charge in [0.1, 0.15) is 0 Å². The highest BCUT2D eigenvalue weighted by molar-refractivity contribution is 5.60. The Morgan fingerprint density at radius 2 is 1.88 bits per heavy atom. The van der Waals surface area contributed by atoms with E-state index in [0.29, 0.717) is 0 Å². The molecule has 0 N–H and O–H groups in total. The predicted octanol–water partition coefficient (Wildman–Crippen LogP) is -0.565. The number of halogens is 1. The first-order chi connectivity index (χ1) is 7.84. The van der Waals surface area contributed by atoms with Crippen molar-refractivity contribution < 1.29 is 21.4 Å². The molecule has 3 aromatic rings. The Balaban J connectivity index is 0.00000108. The van der Waals surface area contributed by atoms with Crippen LogP contribution in [-0.2, 0) is 7.05 Å². The molecule has 86 valence electrons. The second-order valence-corrected chi connectivity index (χ2v) is 3.95. The topological polar surface area (TPSA) is 9.03 Å². The van der Waals surface area contributed by atoms with Crippen LogP contribution in [0.5, 0.6) is 0 Å². The van der Waals surface area contributed by atoms with Crippen LogP contribution >= 0.6 is 0 Å². The van der Waals surface area contributed by atoms with Crippen LogP contribution in [-0.4, -0.2) is 4.57 Å². The monoisotopic (exact) mass is 288 g/mol. The maximum Gasteiger partial charge on any atom is 0.210 e. The zero-order valence-electron chi connectivity index (χ0n) is 9.55. The van der Waals surface area contributed by atoms with Crippen molar-refractivity contribution in [2.24, 2.45) is 7.05 Å². The summed E-state index contributed by atoms with van der Waals surface area (Å²) in [6, 6.07) is 14.7. The number of aromatic nitrogens is 2. The summed E-state index contributed by atoms with van der Waals surface area (Å²) >= 11 is 0. The Labute approximate surface area is 111 Å². The molecule has 0 aliphatic heterocycles. The highest BCUT2D eigenvalue weighted by Crippen LogP contribution is 2.17. The number of nitrogens with zero attached hydrogens (tertiary/aromatic N) is 2. The third-order valence-electron chi connectivity index (χ3n) is 2.87. The van der Waals surface area contributed by atoms with Gasteiger partial charge in [0.2, 0.25) is 5.52 Å². The fourth-order valence-electron chi connectivity index (χ4n) is 2.01. The molecule has 0 saturated heterocycles. The first-order valence-electron chi connectivity index (χ1n) is 5.36. The first kappa shape index (κ1) is 11.9. The number of aryl methyl sites for hydroxylation is 1. The quantitative estimate of drug-likeness (QED) is 0.531. The van der Waals surface area contributed by atoms with Crippen molar-refractivity contribution in [3.63, 3.8) is 0 Å². The van der Waals surface area contributed by atoms with Gasteiger partial charge in [-0.25, -0.2) is 0 Å². The van der Waals surface area contributed by atoms with Gasteiger partial charge in [0, 0.05) is 31.4 Å². The SMILES string of the molecule is Cn1cccc1-c1ccc2cccc[n+]2c1.[Br-]. The molecule has 3 heteroatoms. The van der Waals surface area contributed by atoms with E-state index in [1.165, 1.54) is 16.8 Å². The van der Waals surface area contributed by atoms with Crippen molar-refractivity contribution in [1.82, 2.24) is 4.57 Å². The van der Waals surface area contributed by atoms with Gasteiger partial charge in [-0.2, -0.15) is 4.40 Å². The van der Waals surface area contributed by atoms with Crippen LogP contribution in [0.25, 0.3) is 16.8 Å². The van der Waals surface area contributed by atoms with E-state index >= 15 is 0 Å². The van der Waals surface area contributed by atoms with E-state index in [0.717, 1.165) is 0 Å². The summed E-state index contributed by atoms with van der Waals surface area (Å²) in [4.78, 5) is 0. The van der Waals surface area contributed by atoms with Crippen molar-refractivity contribution >= 4 is 5.52 Å². The van der Waals surface area contributed by atoms with Crippen LogP contribution in [0.3, 0.4) is 0 Å². The molecule has 2 nitrogen and oxygen atoms in total. The molecule has 0 aromatic carbocycles. The van der Waals surface area contributed by atoms with Gasteiger partial charge in [0.05, 0.1) is 11.3 Å². The van der Waals surface area contributed by atoms with Crippen LogP contribution in [0.2, 0.25) is 0 Å². The summed E-state index contributed by atoms with van der Waals surface area (Å²) in [5, 5.41) is 0. The lowest BCUT2D eigenvalue weighted by molar-refractivity contribution is -0.511. The van der Waals surface area contributed by atoms with Crippen LogP contribution in [0.15, 0.2) is 61.1 Å². The zero-order valence-corrected chi connectivity index (χ0v) is 11.1. The molecule has 0 aliphatic carbocycles. The molecule has 3 heterocycles. The average Bonchev–Trinajstić information content (AvgIpc) is 2.75. The van der Waals surface area contributed by atoms with Gasteiger partial charge >= 0.3 is 0 Å². The lowest BCUT2D eigenvalue weighted by atomic mass is 10.2. The Bertz CT molecular complexity index is 643. The molecule has 17 heavy (non-hydrogen) atoms. The summed E-state index contributed by atoms with van der Waals surface area (Å²) < 4.78 is 4.27. The van der Waals surface area contributed by atoms with Crippen molar-refractivity contribution in [2.45, 2.75) is 0 Å². The largest absolute Gasteiger partial charge is 1.00 e. The minimum Gasteiger partial charge on any atom is -1.00 e.